The Kier molecular flexibility index (Phi) is 5.29. The lowest BCUT2D eigenvalue weighted by molar-refractivity contribution is 0.0656. The zero-order chi connectivity index (χ0) is 19.6. The van der Waals surface area contributed by atoms with Crippen molar-refractivity contribution in [2.75, 3.05) is 26.2 Å². The van der Waals surface area contributed by atoms with Crippen molar-refractivity contribution < 1.29 is 23.1 Å². The van der Waals surface area contributed by atoms with Gasteiger partial charge in [0.05, 0.1) is 16.0 Å². The Hall–Kier alpha value is -2.71. The molecule has 0 spiro atoms. The summed E-state index contributed by atoms with van der Waals surface area (Å²) in [5.74, 6) is -1.57. The fourth-order valence-electron chi connectivity index (χ4n) is 3.14. The topological polar surface area (TPSA) is 95.0 Å². The van der Waals surface area contributed by atoms with E-state index in [4.69, 9.17) is 0 Å². The van der Waals surface area contributed by atoms with Crippen LogP contribution in [0.25, 0.3) is 0 Å². The molecule has 8 heteroatoms. The van der Waals surface area contributed by atoms with Gasteiger partial charge in [-0.05, 0) is 30.7 Å². The summed E-state index contributed by atoms with van der Waals surface area (Å²) in [6.07, 6.45) is 0. The molecule has 2 aromatic carbocycles. The zero-order valence-electron chi connectivity index (χ0n) is 14.8. The fraction of sp³-hybridized carbons (Fsp3) is 0.263. The second kappa shape index (κ2) is 7.50. The predicted molar refractivity (Wildman–Crippen MR) is 99.2 cm³/mol. The summed E-state index contributed by atoms with van der Waals surface area (Å²) >= 11 is 0. The number of rotatable bonds is 4. The van der Waals surface area contributed by atoms with Crippen LogP contribution in [0.4, 0.5) is 0 Å². The van der Waals surface area contributed by atoms with E-state index in [9.17, 15) is 23.1 Å². The molecule has 1 heterocycles. The molecule has 1 fully saturated rings. The Labute approximate surface area is 157 Å². The summed E-state index contributed by atoms with van der Waals surface area (Å²) in [4.78, 5) is 25.8. The van der Waals surface area contributed by atoms with Gasteiger partial charge in [-0.1, -0.05) is 30.3 Å². The molecular weight excluding hydrogens is 368 g/mol. The third-order valence-corrected chi connectivity index (χ3v) is 6.68. The highest BCUT2D eigenvalue weighted by Gasteiger charge is 2.32. The van der Waals surface area contributed by atoms with Gasteiger partial charge < -0.3 is 10.0 Å². The predicted octanol–water partition coefficient (Wildman–Crippen LogP) is 1.84. The lowest BCUT2D eigenvalue weighted by Crippen LogP contribution is -2.50. The van der Waals surface area contributed by atoms with Crippen LogP contribution < -0.4 is 0 Å². The first kappa shape index (κ1) is 19.1. The van der Waals surface area contributed by atoms with Crippen molar-refractivity contribution in [2.45, 2.75) is 11.8 Å². The van der Waals surface area contributed by atoms with E-state index in [2.05, 4.69) is 0 Å². The van der Waals surface area contributed by atoms with E-state index in [1.807, 2.05) is 0 Å². The van der Waals surface area contributed by atoms with Crippen LogP contribution in [-0.4, -0.2) is 60.8 Å². The standard InChI is InChI=1S/C19H20N2O5S/c1-14-6-2-5-9-17(14)27(25,26)21-12-10-20(11-13-21)18(22)15-7-3-4-8-16(15)19(23)24/h2-9H,10-13H2,1H3,(H,23,24). The Bertz CT molecular complexity index is 979. The summed E-state index contributed by atoms with van der Waals surface area (Å²) < 4.78 is 27.0. The van der Waals surface area contributed by atoms with Crippen LogP contribution >= 0.6 is 0 Å². The van der Waals surface area contributed by atoms with Crippen molar-refractivity contribution in [1.29, 1.82) is 0 Å². The summed E-state index contributed by atoms with van der Waals surface area (Å²) in [5, 5.41) is 9.26. The number of aromatic carboxylic acids is 1. The average Bonchev–Trinajstić information content (AvgIpc) is 2.67. The number of sulfonamides is 1. The van der Waals surface area contributed by atoms with E-state index in [0.717, 1.165) is 0 Å². The molecule has 27 heavy (non-hydrogen) atoms. The smallest absolute Gasteiger partial charge is 0.336 e. The number of carbonyl (C=O) groups is 2. The molecule has 0 unspecified atom stereocenters. The molecule has 1 saturated heterocycles. The van der Waals surface area contributed by atoms with Gasteiger partial charge in [0.25, 0.3) is 5.91 Å². The molecule has 1 aliphatic heterocycles. The summed E-state index contributed by atoms with van der Waals surface area (Å²) in [5.41, 5.74) is 0.726. The molecule has 0 saturated carbocycles. The minimum absolute atomic E-state index is 0.0579. The maximum absolute atomic E-state index is 12.8. The van der Waals surface area contributed by atoms with Crippen LogP contribution in [0, 0.1) is 6.92 Å². The fourth-order valence-corrected chi connectivity index (χ4v) is 4.79. The van der Waals surface area contributed by atoms with Crippen molar-refractivity contribution >= 4 is 21.9 Å². The van der Waals surface area contributed by atoms with Crippen molar-refractivity contribution in [1.82, 2.24) is 9.21 Å². The number of amides is 1. The number of aryl methyl sites for hydroxylation is 1. The molecule has 1 N–H and O–H groups in total. The zero-order valence-corrected chi connectivity index (χ0v) is 15.6. The van der Waals surface area contributed by atoms with Gasteiger partial charge in [0, 0.05) is 26.2 Å². The van der Waals surface area contributed by atoms with Crippen molar-refractivity contribution in [3.8, 4) is 0 Å². The van der Waals surface area contributed by atoms with Crippen LogP contribution in [0.15, 0.2) is 53.4 Å². The minimum Gasteiger partial charge on any atom is -0.478 e. The van der Waals surface area contributed by atoms with E-state index >= 15 is 0 Å². The monoisotopic (exact) mass is 388 g/mol. The molecule has 1 aliphatic rings. The van der Waals surface area contributed by atoms with Crippen molar-refractivity contribution in [3.63, 3.8) is 0 Å². The molecule has 0 aliphatic carbocycles. The molecule has 0 aromatic heterocycles. The number of hydrogen-bond acceptors (Lipinski definition) is 4. The van der Waals surface area contributed by atoms with E-state index < -0.39 is 21.9 Å². The SMILES string of the molecule is Cc1ccccc1S(=O)(=O)N1CCN(C(=O)c2ccccc2C(=O)O)CC1. The highest BCUT2D eigenvalue weighted by atomic mass is 32.2. The van der Waals surface area contributed by atoms with Gasteiger partial charge in [0.2, 0.25) is 10.0 Å². The van der Waals surface area contributed by atoms with Gasteiger partial charge in [0.1, 0.15) is 0 Å². The number of carbonyl (C=O) groups excluding carboxylic acids is 1. The van der Waals surface area contributed by atoms with E-state index in [0.29, 0.717) is 5.56 Å². The van der Waals surface area contributed by atoms with Gasteiger partial charge in [-0.2, -0.15) is 4.31 Å². The van der Waals surface area contributed by atoms with Gasteiger partial charge >= 0.3 is 5.97 Å². The maximum Gasteiger partial charge on any atom is 0.336 e. The molecular formula is C19H20N2O5S. The minimum atomic E-state index is -3.63. The molecule has 1 amide bonds. The van der Waals surface area contributed by atoms with Gasteiger partial charge in [-0.3, -0.25) is 4.79 Å². The first-order valence-corrected chi connectivity index (χ1v) is 9.94. The van der Waals surface area contributed by atoms with Crippen molar-refractivity contribution in [3.05, 3.63) is 65.2 Å². The number of hydrogen-bond donors (Lipinski definition) is 1. The Morgan fingerprint density at radius 3 is 2.04 bits per heavy atom. The van der Waals surface area contributed by atoms with E-state index in [1.54, 1.807) is 43.3 Å². The van der Waals surface area contributed by atoms with Crippen LogP contribution in [-0.2, 0) is 10.0 Å². The molecule has 0 atom stereocenters. The summed E-state index contributed by atoms with van der Waals surface area (Å²) in [6.45, 7) is 2.49. The lowest BCUT2D eigenvalue weighted by atomic mass is 10.1. The highest BCUT2D eigenvalue weighted by Crippen LogP contribution is 2.22. The van der Waals surface area contributed by atoms with Gasteiger partial charge in [-0.15, -0.1) is 0 Å². The van der Waals surface area contributed by atoms with Crippen LogP contribution in [0.1, 0.15) is 26.3 Å². The molecule has 7 nitrogen and oxygen atoms in total. The van der Waals surface area contributed by atoms with E-state index in [-0.39, 0.29) is 42.2 Å². The van der Waals surface area contributed by atoms with Gasteiger partial charge in [0.15, 0.2) is 0 Å². The Balaban J connectivity index is 1.75. The maximum atomic E-state index is 12.8. The molecule has 0 radical (unpaired) electrons. The Morgan fingerprint density at radius 1 is 0.889 bits per heavy atom. The third kappa shape index (κ3) is 3.72. The molecule has 0 bridgehead atoms. The molecule has 2 aromatic rings. The Morgan fingerprint density at radius 2 is 1.44 bits per heavy atom. The first-order valence-electron chi connectivity index (χ1n) is 8.50. The highest BCUT2D eigenvalue weighted by molar-refractivity contribution is 7.89. The van der Waals surface area contributed by atoms with Crippen LogP contribution in [0.5, 0.6) is 0 Å². The summed E-state index contributed by atoms with van der Waals surface area (Å²) in [6, 6.07) is 12.8. The van der Waals surface area contributed by atoms with Crippen molar-refractivity contribution in [2.24, 2.45) is 0 Å². The molecule has 142 valence electrons. The molecule has 3 rings (SSSR count). The number of benzene rings is 2. The van der Waals surface area contributed by atoms with Gasteiger partial charge in [-0.25, -0.2) is 13.2 Å². The van der Waals surface area contributed by atoms with E-state index in [1.165, 1.54) is 21.3 Å². The number of nitrogens with zero attached hydrogens (tertiary/aromatic N) is 2. The normalized spacial score (nSPS) is 15.5. The second-order valence-electron chi connectivity index (χ2n) is 6.31. The second-order valence-corrected chi connectivity index (χ2v) is 8.22. The number of piperazine rings is 1. The first-order chi connectivity index (χ1) is 12.8. The van der Waals surface area contributed by atoms with Crippen LogP contribution in [0.3, 0.4) is 0 Å². The average molecular weight is 388 g/mol. The number of carboxylic acid groups (broad SMARTS) is 1. The largest absolute Gasteiger partial charge is 0.478 e. The third-order valence-electron chi connectivity index (χ3n) is 4.63. The number of carboxylic acids is 1. The quantitative estimate of drug-likeness (QED) is 0.862. The van der Waals surface area contributed by atoms with Crippen LogP contribution in [0.2, 0.25) is 0 Å². The summed E-state index contributed by atoms with van der Waals surface area (Å²) in [7, 11) is -3.63. The lowest BCUT2D eigenvalue weighted by Gasteiger charge is -2.34.